The fourth-order valence-corrected chi connectivity index (χ4v) is 3.78. The second-order valence-electron chi connectivity index (χ2n) is 7.75. The summed E-state index contributed by atoms with van der Waals surface area (Å²) >= 11 is 0. The minimum absolute atomic E-state index is 0.235. The quantitative estimate of drug-likeness (QED) is 0.507. The molecule has 0 spiro atoms. The largest absolute Gasteiger partial charge is 0.389 e. The van der Waals surface area contributed by atoms with Gasteiger partial charge in [0.25, 0.3) is 0 Å². The lowest BCUT2D eigenvalue weighted by molar-refractivity contribution is -0.126. The van der Waals surface area contributed by atoms with Crippen molar-refractivity contribution in [3.05, 3.63) is 95.6 Å². The first-order valence-corrected chi connectivity index (χ1v) is 10.5. The Morgan fingerprint density at radius 1 is 0.903 bits per heavy atom. The maximum atomic E-state index is 12.2. The highest BCUT2D eigenvalue weighted by molar-refractivity contribution is 5.82. The second kappa shape index (κ2) is 11.2. The molecule has 4 nitrogen and oxygen atoms in total. The molecule has 0 fully saturated rings. The normalized spacial score (nSPS) is 12.7. The Balaban J connectivity index is 1.67. The smallest absolute Gasteiger partial charge is 0.161 e. The van der Waals surface area contributed by atoms with Gasteiger partial charge in [0.15, 0.2) is 5.78 Å². The van der Waals surface area contributed by atoms with E-state index in [-0.39, 0.29) is 12.2 Å². The van der Waals surface area contributed by atoms with Crippen LogP contribution in [0.25, 0.3) is 11.1 Å². The van der Waals surface area contributed by atoms with E-state index >= 15 is 0 Å². The van der Waals surface area contributed by atoms with E-state index in [1.54, 1.807) is 0 Å². The first kappa shape index (κ1) is 22.4. The topological polar surface area (TPSA) is 81.3 Å². The number of carbonyl (C=O) groups is 1. The molecule has 0 aliphatic heterocycles. The van der Waals surface area contributed by atoms with E-state index in [0.717, 1.165) is 34.2 Å². The van der Waals surface area contributed by atoms with Gasteiger partial charge in [0.05, 0.1) is 18.6 Å². The summed E-state index contributed by atoms with van der Waals surface area (Å²) in [7, 11) is 0. The van der Waals surface area contributed by atoms with Crippen LogP contribution >= 0.6 is 0 Å². The molecule has 3 aromatic carbocycles. The van der Waals surface area contributed by atoms with E-state index in [9.17, 15) is 15.0 Å². The predicted molar refractivity (Wildman–Crippen MR) is 121 cm³/mol. The molecule has 0 saturated carbocycles. The van der Waals surface area contributed by atoms with E-state index in [1.165, 1.54) is 0 Å². The highest BCUT2D eigenvalue weighted by atomic mass is 16.3. The number of Topliss-reactive ketones (excluding diaryl/α,β-unsaturated/α-hetero) is 1. The van der Waals surface area contributed by atoms with Gasteiger partial charge < -0.3 is 10.2 Å². The standard InChI is InChI=1S/C27H27NO3/c28-16-15-21-7-4-8-24(17-21)22-11-13-23(14-12-22)26(30)18-25(27(31)19-29)10-9-20-5-2-1-3-6-20/h1-8,11-14,17,25-26,29-30H,9-10,15,18-19H2. The molecule has 0 aliphatic carbocycles. The lowest BCUT2D eigenvalue weighted by Gasteiger charge is -2.19. The summed E-state index contributed by atoms with van der Waals surface area (Å²) in [4.78, 5) is 12.2. The van der Waals surface area contributed by atoms with Crippen LogP contribution in [0.5, 0.6) is 0 Å². The number of ketones is 1. The first-order valence-electron chi connectivity index (χ1n) is 10.5. The number of nitriles is 1. The molecule has 4 heteroatoms. The predicted octanol–water partition coefficient (Wildman–Crippen LogP) is 4.65. The van der Waals surface area contributed by atoms with E-state index < -0.39 is 18.6 Å². The number of hydrogen-bond acceptors (Lipinski definition) is 4. The average Bonchev–Trinajstić information content (AvgIpc) is 2.82. The Morgan fingerprint density at radius 3 is 2.29 bits per heavy atom. The fourth-order valence-electron chi connectivity index (χ4n) is 3.78. The maximum absolute atomic E-state index is 12.2. The van der Waals surface area contributed by atoms with Crippen LogP contribution in [0.3, 0.4) is 0 Å². The average molecular weight is 414 g/mol. The summed E-state index contributed by atoms with van der Waals surface area (Å²) in [5, 5.41) is 29.0. The van der Waals surface area contributed by atoms with Gasteiger partial charge in [-0.1, -0.05) is 78.9 Å². The lowest BCUT2D eigenvalue weighted by Crippen LogP contribution is -2.21. The molecular formula is C27H27NO3. The number of nitrogens with zero attached hydrogens (tertiary/aromatic N) is 1. The molecular weight excluding hydrogens is 386 g/mol. The van der Waals surface area contributed by atoms with Gasteiger partial charge in [0.1, 0.15) is 6.61 Å². The van der Waals surface area contributed by atoms with E-state index in [2.05, 4.69) is 6.07 Å². The van der Waals surface area contributed by atoms with Crippen LogP contribution < -0.4 is 0 Å². The number of rotatable bonds is 10. The summed E-state index contributed by atoms with van der Waals surface area (Å²) in [5.74, 6) is -0.636. The molecule has 0 amide bonds. The summed E-state index contributed by atoms with van der Waals surface area (Å²) in [6.07, 6.45) is 1.18. The molecule has 2 N–H and O–H groups in total. The number of benzene rings is 3. The molecule has 158 valence electrons. The van der Waals surface area contributed by atoms with E-state index in [1.807, 2.05) is 78.9 Å². The minimum Gasteiger partial charge on any atom is -0.389 e. The Hall–Kier alpha value is -3.26. The molecule has 0 aromatic heterocycles. The summed E-state index contributed by atoms with van der Waals surface area (Å²) in [5.41, 5.74) is 4.86. The number of aliphatic hydroxyl groups excluding tert-OH is 2. The van der Waals surface area contributed by atoms with Gasteiger partial charge >= 0.3 is 0 Å². The third-order valence-corrected chi connectivity index (χ3v) is 5.58. The Morgan fingerprint density at radius 2 is 1.61 bits per heavy atom. The van der Waals surface area contributed by atoms with Gasteiger partial charge in [-0.05, 0) is 47.1 Å². The molecule has 2 unspecified atom stereocenters. The monoisotopic (exact) mass is 413 g/mol. The third-order valence-electron chi connectivity index (χ3n) is 5.58. The van der Waals surface area contributed by atoms with Crippen molar-refractivity contribution in [3.63, 3.8) is 0 Å². The van der Waals surface area contributed by atoms with Gasteiger partial charge in [-0.25, -0.2) is 0 Å². The molecule has 0 bridgehead atoms. The van der Waals surface area contributed by atoms with Crippen molar-refractivity contribution in [1.29, 1.82) is 5.26 Å². The lowest BCUT2D eigenvalue weighted by atomic mass is 9.88. The van der Waals surface area contributed by atoms with Crippen LogP contribution in [0.1, 0.15) is 35.6 Å². The van der Waals surface area contributed by atoms with Crippen molar-refractivity contribution >= 4 is 5.78 Å². The number of carbonyl (C=O) groups excluding carboxylic acids is 1. The fraction of sp³-hybridized carbons (Fsp3) is 0.259. The van der Waals surface area contributed by atoms with Gasteiger partial charge in [-0.2, -0.15) is 5.26 Å². The number of hydrogen-bond donors (Lipinski definition) is 2. The molecule has 0 aliphatic rings. The summed E-state index contributed by atoms with van der Waals surface area (Å²) in [6, 6.07) is 27.5. The van der Waals surface area contributed by atoms with Crippen molar-refractivity contribution in [2.24, 2.45) is 5.92 Å². The summed E-state index contributed by atoms with van der Waals surface area (Å²) < 4.78 is 0. The number of aliphatic hydroxyl groups is 2. The van der Waals surface area contributed by atoms with Crippen LogP contribution in [0, 0.1) is 17.2 Å². The molecule has 3 aromatic rings. The maximum Gasteiger partial charge on any atom is 0.161 e. The third kappa shape index (κ3) is 6.36. The second-order valence-corrected chi connectivity index (χ2v) is 7.75. The number of aryl methyl sites for hydroxylation is 1. The van der Waals surface area contributed by atoms with Crippen molar-refractivity contribution in [2.75, 3.05) is 6.61 Å². The van der Waals surface area contributed by atoms with Crippen LogP contribution in [0.15, 0.2) is 78.9 Å². The zero-order valence-corrected chi connectivity index (χ0v) is 17.4. The van der Waals surface area contributed by atoms with Gasteiger partial charge in [0.2, 0.25) is 0 Å². The molecule has 31 heavy (non-hydrogen) atoms. The first-order chi connectivity index (χ1) is 15.1. The highest BCUT2D eigenvalue weighted by Crippen LogP contribution is 2.28. The molecule has 0 radical (unpaired) electrons. The van der Waals surface area contributed by atoms with Crippen molar-refractivity contribution in [3.8, 4) is 17.2 Å². The highest BCUT2D eigenvalue weighted by Gasteiger charge is 2.22. The van der Waals surface area contributed by atoms with Crippen molar-refractivity contribution in [1.82, 2.24) is 0 Å². The SMILES string of the molecule is N#CCc1cccc(-c2ccc(C(O)CC(CCc3ccccc3)C(=O)CO)cc2)c1. The zero-order valence-electron chi connectivity index (χ0n) is 17.4. The Bertz CT molecular complexity index is 1020. The molecule has 2 atom stereocenters. The Kier molecular flexibility index (Phi) is 8.12. The molecule has 3 rings (SSSR count). The van der Waals surface area contributed by atoms with Crippen LogP contribution in [-0.4, -0.2) is 22.6 Å². The minimum atomic E-state index is -0.782. The van der Waals surface area contributed by atoms with Crippen molar-refractivity contribution in [2.45, 2.75) is 31.8 Å². The summed E-state index contributed by atoms with van der Waals surface area (Å²) in [6.45, 7) is -0.510. The van der Waals surface area contributed by atoms with Crippen LogP contribution in [-0.2, 0) is 17.6 Å². The van der Waals surface area contributed by atoms with Crippen LogP contribution in [0.2, 0.25) is 0 Å². The molecule has 0 heterocycles. The zero-order chi connectivity index (χ0) is 22.1. The van der Waals surface area contributed by atoms with Gasteiger partial charge in [-0.3, -0.25) is 4.79 Å². The van der Waals surface area contributed by atoms with E-state index in [4.69, 9.17) is 5.26 Å². The van der Waals surface area contributed by atoms with Crippen molar-refractivity contribution < 1.29 is 15.0 Å². The van der Waals surface area contributed by atoms with E-state index in [0.29, 0.717) is 12.8 Å². The molecule has 0 saturated heterocycles. The van der Waals surface area contributed by atoms with Gasteiger partial charge in [-0.15, -0.1) is 0 Å². The Labute approximate surface area is 183 Å². The van der Waals surface area contributed by atoms with Gasteiger partial charge in [0, 0.05) is 5.92 Å². The van der Waals surface area contributed by atoms with Crippen LogP contribution in [0.4, 0.5) is 0 Å².